The van der Waals surface area contributed by atoms with Crippen molar-refractivity contribution in [1.29, 1.82) is 0 Å². The second-order valence-corrected chi connectivity index (χ2v) is 15.6. The van der Waals surface area contributed by atoms with Crippen molar-refractivity contribution in [2.45, 2.75) is 129 Å². The quantitative estimate of drug-likeness (QED) is 0.188. The molecule has 0 radical (unpaired) electrons. The molecule has 0 N–H and O–H groups in total. The summed E-state index contributed by atoms with van der Waals surface area (Å²) in [6.07, 6.45) is 12.6. The molecule has 180 valence electrons. The number of aryl methyl sites for hydroxylation is 1. The third kappa shape index (κ3) is 5.46. The molecule has 0 spiro atoms. The van der Waals surface area contributed by atoms with Crippen molar-refractivity contribution in [2.75, 3.05) is 0 Å². The van der Waals surface area contributed by atoms with Gasteiger partial charge in [0, 0.05) is 17.4 Å². The Hall–Kier alpha value is -1.22. The minimum Gasteiger partial charge on any atom is -0.543 e. The molecule has 0 unspecified atom stereocenters. The first-order valence-electron chi connectivity index (χ1n) is 13.5. The van der Waals surface area contributed by atoms with E-state index in [4.69, 9.17) is 9.16 Å². The van der Waals surface area contributed by atoms with Crippen molar-refractivity contribution in [3.63, 3.8) is 0 Å². The van der Waals surface area contributed by atoms with Gasteiger partial charge in [-0.2, -0.15) is 0 Å². The van der Waals surface area contributed by atoms with Crippen LogP contribution < -0.4 is 9.16 Å². The van der Waals surface area contributed by atoms with E-state index in [2.05, 4.69) is 66.7 Å². The zero-order chi connectivity index (χ0) is 23.4. The number of benzene rings is 1. The Kier molecular flexibility index (Phi) is 8.57. The summed E-state index contributed by atoms with van der Waals surface area (Å²) in [5.41, 5.74) is 4.12. The third-order valence-electron chi connectivity index (χ3n) is 8.34. The van der Waals surface area contributed by atoms with E-state index in [0.29, 0.717) is 11.8 Å². The molecule has 1 aliphatic heterocycles. The van der Waals surface area contributed by atoms with E-state index in [1.165, 1.54) is 79.8 Å². The van der Waals surface area contributed by atoms with Crippen molar-refractivity contribution >= 4 is 8.32 Å². The molecule has 0 bridgehead atoms. The van der Waals surface area contributed by atoms with E-state index in [0.717, 1.165) is 17.9 Å². The van der Waals surface area contributed by atoms with Crippen LogP contribution in [0.1, 0.15) is 110 Å². The van der Waals surface area contributed by atoms with E-state index in [1.54, 1.807) is 0 Å². The van der Waals surface area contributed by atoms with Gasteiger partial charge in [0.15, 0.2) is 0 Å². The van der Waals surface area contributed by atoms with Crippen molar-refractivity contribution in [2.24, 2.45) is 5.92 Å². The first kappa shape index (κ1) is 25.4. The molecule has 1 aliphatic carbocycles. The molecule has 3 heteroatoms. The van der Waals surface area contributed by atoms with Gasteiger partial charge in [-0.15, -0.1) is 0 Å². The maximum Gasteiger partial charge on any atom is 0.250 e. The standard InChI is InChI=1S/C29H48O2Si/c1-8-12-13-14-15-16-23-20-26-28(27(21-23)31-32(9-2,10-3)11-4)24-19-22(5)17-18-25(24)29(6,7)30-26/h19-21,24-25H,8-18H2,1-7H3/t24-,25-/m1/s1. The number of hydrogen-bond donors (Lipinski definition) is 0. The second kappa shape index (κ2) is 10.8. The summed E-state index contributed by atoms with van der Waals surface area (Å²) >= 11 is 0. The average molecular weight is 457 g/mol. The van der Waals surface area contributed by atoms with E-state index < -0.39 is 8.32 Å². The van der Waals surface area contributed by atoms with Crippen LogP contribution in [0.2, 0.25) is 18.1 Å². The Bertz CT molecular complexity index is 782. The van der Waals surface area contributed by atoms with Gasteiger partial charge < -0.3 is 9.16 Å². The van der Waals surface area contributed by atoms with Gasteiger partial charge in [0.25, 0.3) is 0 Å². The van der Waals surface area contributed by atoms with Crippen LogP contribution in [0.5, 0.6) is 11.5 Å². The van der Waals surface area contributed by atoms with Crippen LogP contribution >= 0.6 is 0 Å². The van der Waals surface area contributed by atoms with Gasteiger partial charge in [0.1, 0.15) is 17.1 Å². The molecule has 2 atom stereocenters. The summed E-state index contributed by atoms with van der Waals surface area (Å²) in [4.78, 5) is 0. The van der Waals surface area contributed by atoms with Crippen molar-refractivity contribution in [1.82, 2.24) is 0 Å². The van der Waals surface area contributed by atoms with Crippen LogP contribution in [0.25, 0.3) is 0 Å². The van der Waals surface area contributed by atoms with Crippen molar-refractivity contribution < 1.29 is 9.16 Å². The number of allylic oxidation sites excluding steroid dienone is 2. The fourth-order valence-corrected chi connectivity index (χ4v) is 8.49. The normalized spacial score (nSPS) is 21.9. The maximum atomic E-state index is 7.12. The number of rotatable bonds is 11. The van der Waals surface area contributed by atoms with Crippen LogP contribution in [0.4, 0.5) is 0 Å². The van der Waals surface area contributed by atoms with E-state index >= 15 is 0 Å². The number of hydrogen-bond acceptors (Lipinski definition) is 2. The number of unbranched alkanes of at least 4 members (excludes halogenated alkanes) is 4. The SMILES string of the molecule is CCCCCCCc1cc2c(c(O[Si](CC)(CC)CC)c1)[C@@H]1C=C(C)CC[C@H]1C(C)(C)O2. The van der Waals surface area contributed by atoms with Crippen molar-refractivity contribution in [3.8, 4) is 11.5 Å². The van der Waals surface area contributed by atoms with E-state index in [-0.39, 0.29) is 5.60 Å². The van der Waals surface area contributed by atoms with Gasteiger partial charge >= 0.3 is 0 Å². The van der Waals surface area contributed by atoms with Crippen LogP contribution in [0, 0.1) is 5.92 Å². The first-order chi connectivity index (χ1) is 15.3. The predicted molar refractivity (Wildman–Crippen MR) is 141 cm³/mol. The topological polar surface area (TPSA) is 18.5 Å². The Morgan fingerprint density at radius 1 is 1.00 bits per heavy atom. The lowest BCUT2D eigenvalue weighted by Crippen LogP contribution is -2.46. The van der Waals surface area contributed by atoms with Crippen LogP contribution in [0.3, 0.4) is 0 Å². The van der Waals surface area contributed by atoms with Gasteiger partial charge in [-0.05, 0) is 82.3 Å². The lowest BCUT2D eigenvalue weighted by Gasteiger charge is -2.47. The highest BCUT2D eigenvalue weighted by atomic mass is 28.4. The molecule has 2 aliphatic rings. The fraction of sp³-hybridized carbons (Fsp3) is 0.724. The van der Waals surface area contributed by atoms with Gasteiger partial charge in [-0.3, -0.25) is 0 Å². The maximum absolute atomic E-state index is 7.12. The molecule has 0 saturated carbocycles. The monoisotopic (exact) mass is 456 g/mol. The van der Waals surface area contributed by atoms with Gasteiger partial charge in [-0.25, -0.2) is 0 Å². The van der Waals surface area contributed by atoms with Crippen molar-refractivity contribution in [3.05, 3.63) is 34.9 Å². The van der Waals surface area contributed by atoms with Crippen LogP contribution in [0.15, 0.2) is 23.8 Å². The van der Waals surface area contributed by atoms with Gasteiger partial charge in [0.05, 0.1) is 0 Å². The molecule has 32 heavy (non-hydrogen) atoms. The summed E-state index contributed by atoms with van der Waals surface area (Å²) in [5, 5.41) is 0. The third-order valence-corrected chi connectivity index (χ3v) is 12.9. The molecular formula is C29H48O2Si. The lowest BCUT2D eigenvalue weighted by molar-refractivity contribution is 0.0110. The Morgan fingerprint density at radius 3 is 2.34 bits per heavy atom. The molecule has 0 aromatic heterocycles. The molecular weight excluding hydrogens is 408 g/mol. The molecule has 0 fully saturated rings. The summed E-state index contributed by atoms with van der Waals surface area (Å²) in [6, 6.07) is 8.27. The largest absolute Gasteiger partial charge is 0.543 e. The smallest absolute Gasteiger partial charge is 0.250 e. The molecule has 1 heterocycles. The zero-order valence-electron chi connectivity index (χ0n) is 22.0. The lowest BCUT2D eigenvalue weighted by atomic mass is 9.68. The summed E-state index contributed by atoms with van der Waals surface area (Å²) < 4.78 is 13.9. The van der Waals surface area contributed by atoms with Crippen LogP contribution in [-0.4, -0.2) is 13.9 Å². The second-order valence-electron chi connectivity index (χ2n) is 10.9. The highest BCUT2D eigenvalue weighted by molar-refractivity contribution is 6.74. The summed E-state index contributed by atoms with van der Waals surface area (Å²) in [6.45, 7) is 16.2. The minimum absolute atomic E-state index is 0.138. The predicted octanol–water partition coefficient (Wildman–Crippen LogP) is 9.19. The fourth-order valence-electron chi connectivity index (χ4n) is 5.92. The zero-order valence-corrected chi connectivity index (χ0v) is 23.0. The molecule has 3 rings (SSSR count). The number of fused-ring (bicyclic) bond motifs is 3. The Morgan fingerprint density at radius 2 is 1.69 bits per heavy atom. The molecule has 0 saturated heterocycles. The van der Waals surface area contributed by atoms with Crippen LogP contribution in [-0.2, 0) is 6.42 Å². The van der Waals surface area contributed by atoms with E-state index in [1.807, 2.05) is 0 Å². The highest BCUT2D eigenvalue weighted by Gasteiger charge is 2.46. The number of ether oxygens (including phenoxy) is 1. The van der Waals surface area contributed by atoms with Gasteiger partial charge in [-0.1, -0.05) is 65.0 Å². The molecule has 1 aromatic carbocycles. The molecule has 2 nitrogen and oxygen atoms in total. The average Bonchev–Trinajstić information content (AvgIpc) is 2.76. The summed E-state index contributed by atoms with van der Waals surface area (Å²) in [5.74, 6) is 3.17. The molecule has 0 amide bonds. The van der Waals surface area contributed by atoms with E-state index in [9.17, 15) is 0 Å². The Labute approximate surface area is 199 Å². The minimum atomic E-state index is -1.77. The summed E-state index contributed by atoms with van der Waals surface area (Å²) in [7, 11) is -1.77. The van der Waals surface area contributed by atoms with Gasteiger partial charge in [0.2, 0.25) is 8.32 Å². The Balaban J connectivity index is 2.03. The highest BCUT2D eigenvalue weighted by Crippen LogP contribution is 2.54. The molecule has 1 aromatic rings. The first-order valence-corrected chi connectivity index (χ1v) is 16.0.